The topological polar surface area (TPSA) is 24.5 Å². The number of nitrogens with one attached hydrogen (secondary N) is 1. The third kappa shape index (κ3) is 5.00. The van der Waals surface area contributed by atoms with Gasteiger partial charge in [-0.15, -0.1) is 13.2 Å². The van der Waals surface area contributed by atoms with Crippen LogP contribution < -0.4 is 10.1 Å². The molecule has 0 amide bonds. The van der Waals surface area contributed by atoms with Crippen molar-refractivity contribution < 1.29 is 17.9 Å². The normalized spacial score (nSPS) is 17.1. The van der Waals surface area contributed by atoms with Crippen molar-refractivity contribution in [1.82, 2.24) is 10.2 Å². The van der Waals surface area contributed by atoms with Crippen molar-refractivity contribution in [3.8, 4) is 5.75 Å². The van der Waals surface area contributed by atoms with Crippen LogP contribution in [-0.2, 0) is 0 Å². The van der Waals surface area contributed by atoms with Crippen molar-refractivity contribution >= 4 is 31.9 Å². The zero-order chi connectivity index (χ0) is 18.7. The zero-order valence-electron chi connectivity index (χ0n) is 13.7. The maximum atomic E-state index is 12.4. The SMILES string of the molecule is FC(F)(F)Oc1ccc([C@@H](c2ccc(Br)c(Br)c2)N2CCNCC2)cc1. The van der Waals surface area contributed by atoms with Gasteiger partial charge in [0.15, 0.2) is 0 Å². The molecule has 3 rings (SSSR count). The lowest BCUT2D eigenvalue weighted by atomic mass is 9.96. The van der Waals surface area contributed by atoms with Gasteiger partial charge >= 0.3 is 6.36 Å². The lowest BCUT2D eigenvalue weighted by Gasteiger charge is -2.35. The molecule has 2 aromatic rings. The smallest absolute Gasteiger partial charge is 0.406 e. The van der Waals surface area contributed by atoms with Crippen LogP contribution in [0.1, 0.15) is 17.2 Å². The molecular weight excluding hydrogens is 477 g/mol. The van der Waals surface area contributed by atoms with Crippen LogP contribution in [0.25, 0.3) is 0 Å². The van der Waals surface area contributed by atoms with Gasteiger partial charge in [0.05, 0.1) is 6.04 Å². The van der Waals surface area contributed by atoms with E-state index in [4.69, 9.17) is 0 Å². The van der Waals surface area contributed by atoms with Gasteiger partial charge in [-0.1, -0.05) is 18.2 Å². The summed E-state index contributed by atoms with van der Waals surface area (Å²) < 4.78 is 43.0. The molecule has 8 heteroatoms. The summed E-state index contributed by atoms with van der Waals surface area (Å²) in [7, 11) is 0. The second-order valence-electron chi connectivity index (χ2n) is 5.98. The molecule has 1 atom stereocenters. The first-order valence-corrected chi connectivity index (χ1v) is 9.67. The molecule has 0 unspecified atom stereocenters. The second kappa shape index (κ2) is 8.29. The summed E-state index contributed by atoms with van der Waals surface area (Å²) in [6.45, 7) is 3.48. The van der Waals surface area contributed by atoms with Gasteiger partial charge in [-0.25, -0.2) is 0 Å². The van der Waals surface area contributed by atoms with Crippen LogP contribution in [-0.4, -0.2) is 37.4 Å². The molecule has 1 fully saturated rings. The number of rotatable bonds is 4. The van der Waals surface area contributed by atoms with Crippen LogP contribution in [0.3, 0.4) is 0 Å². The summed E-state index contributed by atoms with van der Waals surface area (Å²) in [4.78, 5) is 2.33. The zero-order valence-corrected chi connectivity index (χ0v) is 16.9. The third-order valence-electron chi connectivity index (χ3n) is 4.21. The van der Waals surface area contributed by atoms with Gasteiger partial charge in [0.25, 0.3) is 0 Å². The summed E-state index contributed by atoms with van der Waals surface area (Å²) in [5.74, 6) is -0.211. The molecule has 1 N–H and O–H groups in total. The Morgan fingerprint density at radius 1 is 0.923 bits per heavy atom. The number of alkyl halides is 3. The van der Waals surface area contributed by atoms with E-state index in [0.717, 1.165) is 46.3 Å². The number of halogens is 5. The highest BCUT2D eigenvalue weighted by atomic mass is 79.9. The molecule has 0 aromatic heterocycles. The third-order valence-corrected chi connectivity index (χ3v) is 6.09. The number of hydrogen-bond donors (Lipinski definition) is 1. The van der Waals surface area contributed by atoms with Gasteiger partial charge in [-0.3, -0.25) is 4.90 Å². The fourth-order valence-corrected chi connectivity index (χ4v) is 3.73. The molecule has 1 aliphatic rings. The van der Waals surface area contributed by atoms with Crippen molar-refractivity contribution in [2.75, 3.05) is 26.2 Å². The molecule has 1 heterocycles. The van der Waals surface area contributed by atoms with Gasteiger partial charge in [-0.05, 0) is 67.3 Å². The van der Waals surface area contributed by atoms with E-state index in [1.54, 1.807) is 12.1 Å². The molecule has 3 nitrogen and oxygen atoms in total. The van der Waals surface area contributed by atoms with Crippen LogP contribution in [0, 0.1) is 0 Å². The molecule has 2 aromatic carbocycles. The Morgan fingerprint density at radius 3 is 2.12 bits per heavy atom. The predicted molar refractivity (Wildman–Crippen MR) is 101 cm³/mol. The minimum absolute atomic E-state index is 0.0403. The van der Waals surface area contributed by atoms with Gasteiger partial charge < -0.3 is 10.1 Å². The van der Waals surface area contributed by atoms with Gasteiger partial charge in [0, 0.05) is 35.1 Å². The summed E-state index contributed by atoms with van der Waals surface area (Å²) in [6, 6.07) is 12.1. The Labute approximate surface area is 166 Å². The average Bonchev–Trinajstić information content (AvgIpc) is 2.59. The number of benzene rings is 2. The number of ether oxygens (including phenoxy) is 1. The van der Waals surface area contributed by atoms with Crippen LogP contribution in [0.15, 0.2) is 51.4 Å². The molecule has 0 aliphatic carbocycles. The summed E-state index contributed by atoms with van der Waals surface area (Å²) in [5, 5.41) is 3.32. The molecule has 0 radical (unpaired) electrons. The van der Waals surface area contributed by atoms with Gasteiger partial charge in [0.2, 0.25) is 0 Å². The lowest BCUT2D eigenvalue weighted by Crippen LogP contribution is -2.45. The van der Waals surface area contributed by atoms with E-state index < -0.39 is 6.36 Å². The van der Waals surface area contributed by atoms with Gasteiger partial charge in [-0.2, -0.15) is 0 Å². The number of nitrogens with zero attached hydrogens (tertiary/aromatic N) is 1. The number of piperazine rings is 1. The molecule has 1 saturated heterocycles. The fourth-order valence-electron chi connectivity index (χ4n) is 3.09. The van der Waals surface area contributed by atoms with Crippen molar-refractivity contribution in [2.24, 2.45) is 0 Å². The van der Waals surface area contributed by atoms with E-state index >= 15 is 0 Å². The van der Waals surface area contributed by atoms with Crippen LogP contribution in [0.4, 0.5) is 13.2 Å². The molecule has 1 aliphatic heterocycles. The van der Waals surface area contributed by atoms with E-state index in [-0.39, 0.29) is 11.8 Å². The lowest BCUT2D eigenvalue weighted by molar-refractivity contribution is -0.274. The van der Waals surface area contributed by atoms with Crippen molar-refractivity contribution in [3.63, 3.8) is 0 Å². The maximum Gasteiger partial charge on any atom is 0.573 e. The van der Waals surface area contributed by atoms with Crippen molar-refractivity contribution in [2.45, 2.75) is 12.4 Å². The van der Waals surface area contributed by atoms with Crippen molar-refractivity contribution in [1.29, 1.82) is 0 Å². The number of hydrogen-bond acceptors (Lipinski definition) is 3. The molecular formula is C18H17Br2F3N2O. The standard InChI is InChI=1S/C18H17Br2F3N2O/c19-15-6-3-13(11-16(15)20)17(25-9-7-24-8-10-25)12-1-4-14(5-2-12)26-18(21,22)23/h1-6,11,17,24H,7-10H2/t17-/m0/s1. The van der Waals surface area contributed by atoms with E-state index in [1.165, 1.54) is 12.1 Å². The Hall–Kier alpha value is -1.09. The van der Waals surface area contributed by atoms with Crippen molar-refractivity contribution in [3.05, 3.63) is 62.5 Å². The molecule has 0 bridgehead atoms. The summed E-state index contributed by atoms with van der Waals surface area (Å²) in [5.41, 5.74) is 2.00. The van der Waals surface area contributed by atoms with Gasteiger partial charge in [0.1, 0.15) is 5.75 Å². The van der Waals surface area contributed by atoms with Crippen LogP contribution >= 0.6 is 31.9 Å². The Bertz CT molecular complexity index is 747. The van der Waals surface area contributed by atoms with E-state index in [0.29, 0.717) is 0 Å². The molecule has 0 saturated carbocycles. The Kier molecular flexibility index (Phi) is 6.27. The highest BCUT2D eigenvalue weighted by molar-refractivity contribution is 9.13. The predicted octanol–water partition coefficient (Wildman–Crippen LogP) is 5.10. The summed E-state index contributed by atoms with van der Waals surface area (Å²) >= 11 is 7.01. The van der Waals surface area contributed by atoms with E-state index in [2.05, 4.69) is 46.8 Å². The highest BCUT2D eigenvalue weighted by Gasteiger charge is 2.31. The highest BCUT2D eigenvalue weighted by Crippen LogP contribution is 2.34. The first kappa shape index (κ1) is 19.7. The minimum Gasteiger partial charge on any atom is -0.406 e. The average molecular weight is 494 g/mol. The van der Waals surface area contributed by atoms with E-state index in [9.17, 15) is 13.2 Å². The molecule has 26 heavy (non-hydrogen) atoms. The summed E-state index contributed by atoms with van der Waals surface area (Å²) in [6.07, 6.45) is -4.68. The largest absolute Gasteiger partial charge is 0.573 e. The first-order chi connectivity index (χ1) is 12.3. The Morgan fingerprint density at radius 2 is 1.54 bits per heavy atom. The fraction of sp³-hybridized carbons (Fsp3) is 0.333. The molecule has 140 valence electrons. The van der Waals surface area contributed by atoms with Crippen LogP contribution in [0.2, 0.25) is 0 Å². The monoisotopic (exact) mass is 492 g/mol. The first-order valence-electron chi connectivity index (χ1n) is 8.09. The Balaban J connectivity index is 1.93. The minimum atomic E-state index is -4.68. The van der Waals surface area contributed by atoms with E-state index in [1.807, 2.05) is 18.2 Å². The van der Waals surface area contributed by atoms with Crippen LogP contribution in [0.5, 0.6) is 5.75 Å². The molecule has 0 spiro atoms. The maximum absolute atomic E-state index is 12.4. The second-order valence-corrected chi connectivity index (χ2v) is 7.69. The quantitative estimate of drug-likeness (QED) is 0.640.